The van der Waals surface area contributed by atoms with Crippen LogP contribution in [0.15, 0.2) is 0 Å². The van der Waals surface area contributed by atoms with Crippen LogP contribution in [0, 0.1) is 23.7 Å². The number of rotatable bonds is 0. The normalized spacial score (nSPS) is 56.1. The molecule has 0 aromatic rings. The van der Waals surface area contributed by atoms with Crippen LogP contribution in [0.5, 0.6) is 0 Å². The molecule has 0 unspecified atom stereocenters. The summed E-state index contributed by atoms with van der Waals surface area (Å²) in [5.74, 6) is 4.05. The van der Waals surface area contributed by atoms with Gasteiger partial charge in [-0.05, 0) is 62.8 Å². The first-order valence-corrected chi connectivity index (χ1v) is 7.08. The predicted molar refractivity (Wildman–Crippen MR) is 63.2 cm³/mol. The van der Waals surface area contributed by atoms with E-state index in [1.54, 1.807) is 6.42 Å². The van der Waals surface area contributed by atoms with Crippen LogP contribution in [-0.2, 0) is 4.74 Å². The third-order valence-corrected chi connectivity index (χ3v) is 6.17. The van der Waals surface area contributed by atoms with Crippen molar-refractivity contribution in [3.8, 4) is 0 Å². The fourth-order valence-electron chi connectivity index (χ4n) is 5.61. The second kappa shape index (κ2) is 3.23. The maximum atomic E-state index is 5.88. The largest absolute Gasteiger partial charge is 0.378 e. The minimum Gasteiger partial charge on any atom is -0.378 e. The van der Waals surface area contributed by atoms with E-state index in [0.29, 0.717) is 5.54 Å². The van der Waals surface area contributed by atoms with E-state index in [-0.39, 0.29) is 0 Å². The lowest BCUT2D eigenvalue weighted by molar-refractivity contribution is -0.185. The fraction of sp³-hybridized carbons (Fsp3) is 1.00. The third-order valence-electron chi connectivity index (χ3n) is 6.17. The summed E-state index contributed by atoms with van der Waals surface area (Å²) in [6.07, 6.45) is 7.55. The summed E-state index contributed by atoms with van der Waals surface area (Å²) < 4.78 is 5.88. The van der Waals surface area contributed by atoms with Crippen LogP contribution in [0.1, 0.15) is 32.1 Å². The van der Waals surface area contributed by atoms with E-state index in [4.69, 9.17) is 4.74 Å². The van der Waals surface area contributed by atoms with Gasteiger partial charge in [-0.1, -0.05) is 0 Å². The molecule has 1 heterocycles. The monoisotopic (exact) mass is 221 g/mol. The minimum absolute atomic E-state index is 0.450. The molecule has 90 valence electrons. The molecule has 0 aromatic carbocycles. The van der Waals surface area contributed by atoms with Crippen LogP contribution < -0.4 is 0 Å². The van der Waals surface area contributed by atoms with Gasteiger partial charge in [-0.3, -0.25) is 4.90 Å². The molecule has 5 aliphatic rings. The number of ether oxygens (including phenoxy) is 1. The molecular weight excluding hydrogens is 198 g/mol. The Labute approximate surface area is 98.3 Å². The average molecular weight is 221 g/mol. The number of nitrogens with zero attached hydrogens (tertiary/aromatic N) is 1. The number of hydrogen-bond acceptors (Lipinski definition) is 2. The molecule has 4 saturated carbocycles. The summed E-state index contributed by atoms with van der Waals surface area (Å²) in [7, 11) is 2.35. The predicted octanol–water partition coefficient (Wildman–Crippen LogP) is 2.14. The van der Waals surface area contributed by atoms with Crippen molar-refractivity contribution in [3.63, 3.8) is 0 Å². The lowest BCUT2D eigenvalue weighted by atomic mass is 9.48. The standard InChI is InChI=1S/C14H23NO/c1-15-2-3-16-9-14(15)12-5-10-4-11(7-12)8-13(14)6-10/h10-13H,2-9H2,1H3/t10-,11-,12-,13+,14?. The van der Waals surface area contributed by atoms with Crippen LogP contribution >= 0.6 is 0 Å². The molecule has 1 spiro atoms. The zero-order valence-corrected chi connectivity index (χ0v) is 10.3. The summed E-state index contributed by atoms with van der Waals surface area (Å²) in [6, 6.07) is 0. The van der Waals surface area contributed by atoms with E-state index < -0.39 is 0 Å². The van der Waals surface area contributed by atoms with Crippen LogP contribution in [0.25, 0.3) is 0 Å². The van der Waals surface area contributed by atoms with Gasteiger partial charge < -0.3 is 4.74 Å². The van der Waals surface area contributed by atoms with Crippen LogP contribution in [0.3, 0.4) is 0 Å². The van der Waals surface area contributed by atoms with Crippen LogP contribution in [0.2, 0.25) is 0 Å². The SMILES string of the molecule is CN1CCOCC12[C@H]1C[C@H]3C[C@H](C1)C[C@H]2C3. The van der Waals surface area contributed by atoms with E-state index in [1.165, 1.54) is 25.7 Å². The average Bonchev–Trinajstić information content (AvgIpc) is 2.27. The summed E-state index contributed by atoms with van der Waals surface area (Å²) >= 11 is 0. The molecule has 1 aliphatic heterocycles. The second-order valence-electron chi connectivity index (χ2n) is 6.77. The van der Waals surface area contributed by atoms with E-state index in [1.807, 2.05) is 0 Å². The Bertz CT molecular complexity index is 273. The Kier molecular flexibility index (Phi) is 2.00. The Balaban J connectivity index is 1.72. The number of morpholine rings is 1. The minimum atomic E-state index is 0.450. The van der Waals surface area contributed by atoms with Crippen molar-refractivity contribution in [3.05, 3.63) is 0 Å². The lowest BCUT2D eigenvalue weighted by Crippen LogP contribution is -2.69. The van der Waals surface area contributed by atoms with Gasteiger partial charge in [0.2, 0.25) is 0 Å². The molecule has 5 rings (SSSR count). The van der Waals surface area contributed by atoms with Crippen LogP contribution in [-0.4, -0.2) is 37.2 Å². The van der Waals surface area contributed by atoms with Gasteiger partial charge in [-0.15, -0.1) is 0 Å². The maximum Gasteiger partial charge on any atom is 0.0656 e. The van der Waals surface area contributed by atoms with Crippen molar-refractivity contribution in [1.82, 2.24) is 4.90 Å². The molecule has 0 aromatic heterocycles. The second-order valence-corrected chi connectivity index (χ2v) is 6.77. The van der Waals surface area contributed by atoms with Crippen molar-refractivity contribution in [2.24, 2.45) is 23.7 Å². The highest BCUT2D eigenvalue weighted by Gasteiger charge is 2.59. The summed E-state index contributed by atoms with van der Waals surface area (Å²) in [5.41, 5.74) is 0.450. The van der Waals surface area contributed by atoms with Gasteiger partial charge in [0.25, 0.3) is 0 Å². The number of likely N-dealkylation sites (N-methyl/N-ethyl adjacent to an activating group) is 1. The summed E-state index contributed by atoms with van der Waals surface area (Å²) in [6.45, 7) is 3.13. The highest BCUT2D eigenvalue weighted by Crippen LogP contribution is 2.60. The van der Waals surface area contributed by atoms with E-state index in [2.05, 4.69) is 11.9 Å². The Morgan fingerprint density at radius 3 is 2.19 bits per heavy atom. The molecule has 2 heteroatoms. The van der Waals surface area contributed by atoms with E-state index >= 15 is 0 Å². The zero-order valence-electron chi connectivity index (χ0n) is 10.3. The van der Waals surface area contributed by atoms with Crippen molar-refractivity contribution in [2.45, 2.75) is 37.6 Å². The molecule has 1 saturated heterocycles. The molecule has 0 amide bonds. The van der Waals surface area contributed by atoms with Gasteiger partial charge in [-0.25, -0.2) is 0 Å². The molecule has 0 radical (unpaired) electrons. The maximum absolute atomic E-state index is 5.88. The molecule has 4 bridgehead atoms. The molecule has 4 aliphatic carbocycles. The van der Waals surface area contributed by atoms with Gasteiger partial charge in [0, 0.05) is 12.1 Å². The first-order chi connectivity index (χ1) is 7.79. The topological polar surface area (TPSA) is 12.5 Å². The highest BCUT2D eigenvalue weighted by molar-refractivity contribution is 5.12. The summed E-state index contributed by atoms with van der Waals surface area (Å²) in [4.78, 5) is 2.67. The quantitative estimate of drug-likeness (QED) is 0.621. The van der Waals surface area contributed by atoms with Gasteiger partial charge in [0.05, 0.1) is 13.2 Å². The molecule has 2 nitrogen and oxygen atoms in total. The first kappa shape index (κ1) is 9.90. The Morgan fingerprint density at radius 1 is 1.00 bits per heavy atom. The van der Waals surface area contributed by atoms with Gasteiger partial charge >= 0.3 is 0 Å². The van der Waals surface area contributed by atoms with Gasteiger partial charge in [0.15, 0.2) is 0 Å². The van der Waals surface area contributed by atoms with E-state index in [0.717, 1.165) is 43.4 Å². The third kappa shape index (κ3) is 1.10. The zero-order chi connectivity index (χ0) is 10.8. The highest BCUT2D eigenvalue weighted by atomic mass is 16.5. The van der Waals surface area contributed by atoms with Gasteiger partial charge in [0.1, 0.15) is 0 Å². The van der Waals surface area contributed by atoms with Gasteiger partial charge in [-0.2, -0.15) is 0 Å². The smallest absolute Gasteiger partial charge is 0.0656 e. The van der Waals surface area contributed by atoms with Crippen molar-refractivity contribution in [2.75, 3.05) is 26.8 Å². The Morgan fingerprint density at radius 2 is 1.62 bits per heavy atom. The molecule has 16 heavy (non-hydrogen) atoms. The molecular formula is C14H23NO. The fourth-order valence-corrected chi connectivity index (χ4v) is 5.61. The molecule has 5 fully saturated rings. The van der Waals surface area contributed by atoms with E-state index in [9.17, 15) is 0 Å². The Hall–Kier alpha value is -0.0800. The van der Waals surface area contributed by atoms with Crippen molar-refractivity contribution >= 4 is 0 Å². The van der Waals surface area contributed by atoms with Crippen molar-refractivity contribution in [1.29, 1.82) is 0 Å². The summed E-state index contributed by atoms with van der Waals surface area (Å²) in [5, 5.41) is 0. The first-order valence-electron chi connectivity index (χ1n) is 7.08. The molecule has 0 N–H and O–H groups in total. The van der Waals surface area contributed by atoms with Crippen molar-refractivity contribution < 1.29 is 4.74 Å². The number of hydrogen-bond donors (Lipinski definition) is 0. The van der Waals surface area contributed by atoms with Crippen LogP contribution in [0.4, 0.5) is 0 Å². The lowest BCUT2D eigenvalue weighted by Gasteiger charge is -2.65. The molecule has 0 atom stereocenters.